The third-order valence-corrected chi connectivity index (χ3v) is 4.44. The number of halogens is 4. The number of hydrogen-bond acceptors (Lipinski definition) is 8. The van der Waals surface area contributed by atoms with Gasteiger partial charge in [-0.05, 0) is 38.1 Å². The Morgan fingerprint density at radius 3 is 2.46 bits per heavy atom. The van der Waals surface area contributed by atoms with Crippen LogP contribution >= 0.6 is 11.6 Å². The Hall–Kier alpha value is -3.74. The molecular weight excluding hydrogens is 501 g/mol. The van der Waals surface area contributed by atoms with Gasteiger partial charge in [0.05, 0.1) is 28.7 Å². The quantitative estimate of drug-likeness (QED) is 0.198. The molecule has 0 unspecified atom stereocenters. The van der Waals surface area contributed by atoms with Crippen LogP contribution in [0.4, 0.5) is 23.7 Å². The van der Waals surface area contributed by atoms with E-state index in [1.807, 2.05) is 0 Å². The molecule has 0 aromatic heterocycles. The van der Waals surface area contributed by atoms with Gasteiger partial charge in [-0.1, -0.05) is 11.6 Å². The van der Waals surface area contributed by atoms with E-state index in [0.717, 1.165) is 24.3 Å². The molecule has 35 heavy (non-hydrogen) atoms. The maximum Gasteiger partial charge on any atom is 0.416 e. The van der Waals surface area contributed by atoms with Crippen molar-refractivity contribution in [3.63, 3.8) is 0 Å². The average Bonchev–Trinajstić information content (AvgIpc) is 2.77. The van der Waals surface area contributed by atoms with Crippen molar-refractivity contribution in [1.82, 2.24) is 5.32 Å². The fourth-order valence-electron chi connectivity index (χ4n) is 2.53. The Morgan fingerprint density at radius 1 is 1.14 bits per heavy atom. The summed E-state index contributed by atoms with van der Waals surface area (Å²) in [5, 5.41) is 13.3. The van der Waals surface area contributed by atoms with E-state index in [9.17, 15) is 32.9 Å². The number of esters is 1. The zero-order chi connectivity index (χ0) is 26.2. The molecule has 0 radical (unpaired) electrons. The highest BCUT2D eigenvalue weighted by atomic mass is 35.5. The number of carbonyl (C=O) groups is 2. The van der Waals surface area contributed by atoms with E-state index < -0.39 is 40.5 Å². The van der Waals surface area contributed by atoms with Gasteiger partial charge in [-0.3, -0.25) is 10.1 Å². The third kappa shape index (κ3) is 8.21. The van der Waals surface area contributed by atoms with Crippen LogP contribution in [-0.2, 0) is 20.4 Å². The summed E-state index contributed by atoms with van der Waals surface area (Å²) in [7, 11) is 0. The molecule has 190 valence electrons. The van der Waals surface area contributed by atoms with Crippen molar-refractivity contribution < 1.29 is 46.6 Å². The summed E-state index contributed by atoms with van der Waals surface area (Å²) in [5.41, 5.74) is -1.48. The molecule has 14 heteroatoms. The van der Waals surface area contributed by atoms with Crippen LogP contribution in [0.15, 0.2) is 36.4 Å². The lowest BCUT2D eigenvalue weighted by molar-refractivity contribution is -0.386. The zero-order valence-corrected chi connectivity index (χ0v) is 19.1. The van der Waals surface area contributed by atoms with Crippen molar-refractivity contribution in [2.75, 3.05) is 19.8 Å². The molecule has 0 heterocycles. The van der Waals surface area contributed by atoms with Gasteiger partial charge in [-0.25, -0.2) is 9.59 Å². The van der Waals surface area contributed by atoms with E-state index in [2.05, 4.69) is 10.1 Å². The Bertz CT molecular complexity index is 1080. The van der Waals surface area contributed by atoms with Gasteiger partial charge in [-0.2, -0.15) is 13.2 Å². The summed E-state index contributed by atoms with van der Waals surface area (Å²) in [6.07, 6.45) is -6.58. The molecule has 10 nitrogen and oxygen atoms in total. The van der Waals surface area contributed by atoms with Crippen molar-refractivity contribution in [3.05, 3.63) is 57.1 Å². The first kappa shape index (κ1) is 27.5. The molecule has 1 N–H and O–H groups in total. The summed E-state index contributed by atoms with van der Waals surface area (Å²) >= 11 is 5.87. The number of nitrogens with one attached hydrogen (secondary N) is 1. The van der Waals surface area contributed by atoms with E-state index in [1.54, 1.807) is 6.92 Å². The molecule has 0 aliphatic heterocycles. The van der Waals surface area contributed by atoms with E-state index in [1.165, 1.54) is 13.0 Å². The second-order valence-corrected chi connectivity index (χ2v) is 7.11. The van der Waals surface area contributed by atoms with Gasteiger partial charge in [0, 0.05) is 12.1 Å². The number of hydrogen-bond donors (Lipinski definition) is 1. The Labute approximate surface area is 202 Å². The van der Waals surface area contributed by atoms with Crippen LogP contribution in [-0.4, -0.2) is 42.8 Å². The number of alkyl halides is 3. The third-order valence-electron chi connectivity index (χ3n) is 4.14. The highest BCUT2D eigenvalue weighted by Gasteiger charge is 2.31. The molecule has 0 aliphatic carbocycles. The summed E-state index contributed by atoms with van der Waals surface area (Å²) in [4.78, 5) is 33.9. The van der Waals surface area contributed by atoms with Gasteiger partial charge < -0.3 is 24.3 Å². The normalized spacial score (nSPS) is 11.8. The van der Waals surface area contributed by atoms with Crippen LogP contribution in [0.25, 0.3) is 0 Å². The zero-order valence-electron chi connectivity index (χ0n) is 18.4. The minimum absolute atomic E-state index is 0.0331. The maximum absolute atomic E-state index is 12.8. The fraction of sp³-hybridized carbons (Fsp3) is 0.333. The number of ether oxygens (including phenoxy) is 4. The second kappa shape index (κ2) is 12.1. The van der Waals surface area contributed by atoms with E-state index >= 15 is 0 Å². The summed E-state index contributed by atoms with van der Waals surface area (Å²) in [6.45, 7) is 2.84. The van der Waals surface area contributed by atoms with Crippen molar-refractivity contribution >= 4 is 29.4 Å². The number of benzene rings is 2. The second-order valence-electron chi connectivity index (χ2n) is 6.71. The lowest BCUT2D eigenvalue weighted by Crippen LogP contribution is -2.32. The van der Waals surface area contributed by atoms with E-state index in [4.69, 9.17) is 25.8 Å². The fourth-order valence-corrected chi connectivity index (χ4v) is 2.75. The first-order valence-electron chi connectivity index (χ1n) is 9.99. The molecule has 2 aromatic carbocycles. The minimum Gasteiger partial charge on any atom is -0.472 e. The van der Waals surface area contributed by atoms with Crippen LogP contribution in [0.5, 0.6) is 17.2 Å². The standard InChI is InChI=1S/C21H20ClF3N2O8/c1-3-32-20(29)26-8-9-33-19(28)12(2)34-18-11-14(5-6-16(18)27(30)31)35-17-7-4-13(10-15(17)22)21(23,24)25/h4-7,10-12H,3,8-9H2,1-2H3,(H,26,29)/t12-/m1/s1. The van der Waals surface area contributed by atoms with Crippen LogP contribution < -0.4 is 14.8 Å². The summed E-state index contributed by atoms with van der Waals surface area (Å²) < 4.78 is 58.8. The van der Waals surface area contributed by atoms with Gasteiger partial charge in [0.25, 0.3) is 0 Å². The number of nitro groups is 1. The van der Waals surface area contributed by atoms with Crippen LogP contribution in [0.1, 0.15) is 19.4 Å². The van der Waals surface area contributed by atoms with Gasteiger partial charge in [-0.15, -0.1) is 0 Å². The lowest BCUT2D eigenvalue weighted by Gasteiger charge is -2.15. The van der Waals surface area contributed by atoms with Crippen LogP contribution in [0, 0.1) is 10.1 Å². The summed E-state index contributed by atoms with van der Waals surface area (Å²) in [6, 6.07) is 5.73. The molecule has 0 fully saturated rings. The van der Waals surface area contributed by atoms with Gasteiger partial charge in [0.2, 0.25) is 5.75 Å². The van der Waals surface area contributed by atoms with Crippen LogP contribution in [0.3, 0.4) is 0 Å². The number of carbonyl (C=O) groups excluding carboxylic acids is 2. The smallest absolute Gasteiger partial charge is 0.416 e. The molecule has 1 amide bonds. The average molecular weight is 521 g/mol. The number of alkyl carbamates (subject to hydrolysis) is 1. The SMILES string of the molecule is CCOC(=O)NCCOC(=O)[C@@H](C)Oc1cc(Oc2ccc(C(F)(F)F)cc2Cl)ccc1[N+](=O)[O-]. The van der Waals surface area contributed by atoms with Gasteiger partial charge >= 0.3 is 23.9 Å². The molecule has 0 aliphatic rings. The van der Waals surface area contributed by atoms with Crippen LogP contribution in [0.2, 0.25) is 5.02 Å². The summed E-state index contributed by atoms with van der Waals surface area (Å²) in [5.74, 6) is -1.42. The maximum atomic E-state index is 12.8. The number of nitrogens with zero attached hydrogens (tertiary/aromatic N) is 1. The monoisotopic (exact) mass is 520 g/mol. The van der Waals surface area contributed by atoms with E-state index in [-0.39, 0.29) is 42.0 Å². The first-order valence-corrected chi connectivity index (χ1v) is 10.4. The molecule has 2 aromatic rings. The molecule has 0 saturated heterocycles. The van der Waals surface area contributed by atoms with Crippen molar-refractivity contribution in [2.45, 2.75) is 26.1 Å². The largest absolute Gasteiger partial charge is 0.472 e. The van der Waals surface area contributed by atoms with Gasteiger partial charge in [0.15, 0.2) is 6.10 Å². The Morgan fingerprint density at radius 2 is 1.86 bits per heavy atom. The predicted octanol–water partition coefficient (Wildman–Crippen LogP) is 5.12. The first-order chi connectivity index (χ1) is 16.4. The molecule has 1 atom stereocenters. The number of nitro benzene ring substituents is 1. The van der Waals surface area contributed by atoms with Crippen molar-refractivity contribution in [1.29, 1.82) is 0 Å². The number of rotatable bonds is 10. The Kier molecular flexibility index (Phi) is 9.51. The molecule has 0 spiro atoms. The lowest BCUT2D eigenvalue weighted by atomic mass is 10.2. The number of amides is 1. The minimum atomic E-state index is -4.60. The predicted molar refractivity (Wildman–Crippen MR) is 116 cm³/mol. The molecule has 0 saturated carbocycles. The van der Waals surface area contributed by atoms with Gasteiger partial charge in [0.1, 0.15) is 18.1 Å². The molecule has 2 rings (SSSR count). The highest BCUT2D eigenvalue weighted by Crippen LogP contribution is 2.38. The molecular formula is C21H20ClF3N2O8. The Balaban J connectivity index is 2.09. The highest BCUT2D eigenvalue weighted by molar-refractivity contribution is 6.32. The van der Waals surface area contributed by atoms with Crippen molar-refractivity contribution in [3.8, 4) is 17.2 Å². The van der Waals surface area contributed by atoms with Crippen molar-refractivity contribution in [2.24, 2.45) is 0 Å². The molecule has 0 bridgehead atoms. The van der Waals surface area contributed by atoms with E-state index in [0.29, 0.717) is 6.07 Å². The topological polar surface area (TPSA) is 126 Å².